The van der Waals surface area contributed by atoms with Gasteiger partial charge in [-0.2, -0.15) is 0 Å². The van der Waals surface area contributed by atoms with Crippen molar-refractivity contribution in [3.05, 3.63) is 64.7 Å². The van der Waals surface area contributed by atoms with E-state index in [0.717, 1.165) is 11.1 Å². The standard InChI is InChI=1S/C26H26O8/c1-31-21-10-16(11-22(32-2)24(21)30)25-20(13-27)19-8-15(9-23(33-3)26(19)34-25)5-4-14-6-17(28)12-18(29)7-14/h4-12,20,25,27-30H,13H2,1-3H3/t20-,25+/m1/s1. The van der Waals surface area contributed by atoms with Crippen molar-refractivity contribution >= 4 is 12.2 Å². The molecule has 1 aliphatic heterocycles. The topological polar surface area (TPSA) is 118 Å². The molecule has 4 N–H and O–H groups in total. The van der Waals surface area contributed by atoms with Crippen LogP contribution in [0, 0.1) is 0 Å². The van der Waals surface area contributed by atoms with E-state index < -0.39 is 12.0 Å². The number of aliphatic hydroxyl groups excluding tert-OH is 1. The highest BCUT2D eigenvalue weighted by Crippen LogP contribution is 2.52. The number of phenols is 3. The van der Waals surface area contributed by atoms with Crippen molar-refractivity contribution in [2.45, 2.75) is 12.0 Å². The number of aliphatic hydroxyl groups is 1. The lowest BCUT2D eigenvalue weighted by Crippen LogP contribution is -2.13. The Morgan fingerprint density at radius 1 is 0.765 bits per heavy atom. The summed E-state index contributed by atoms with van der Waals surface area (Å²) in [6.45, 7) is -0.195. The Balaban J connectivity index is 1.73. The molecule has 0 amide bonds. The first kappa shape index (κ1) is 23.1. The zero-order valence-corrected chi connectivity index (χ0v) is 19.0. The van der Waals surface area contributed by atoms with E-state index in [2.05, 4.69) is 0 Å². The third-order valence-electron chi connectivity index (χ3n) is 5.76. The summed E-state index contributed by atoms with van der Waals surface area (Å²) in [5.74, 6) is 0.865. The molecular formula is C26H26O8. The van der Waals surface area contributed by atoms with Gasteiger partial charge in [-0.05, 0) is 47.5 Å². The predicted octanol–water partition coefficient (Wildman–Crippen LogP) is 4.21. The van der Waals surface area contributed by atoms with Crippen LogP contribution in [-0.2, 0) is 0 Å². The van der Waals surface area contributed by atoms with E-state index in [1.165, 1.54) is 39.5 Å². The first-order chi connectivity index (χ1) is 16.4. The Morgan fingerprint density at radius 2 is 1.32 bits per heavy atom. The van der Waals surface area contributed by atoms with Gasteiger partial charge in [-0.1, -0.05) is 12.2 Å². The largest absolute Gasteiger partial charge is 0.508 e. The van der Waals surface area contributed by atoms with Gasteiger partial charge < -0.3 is 39.4 Å². The molecule has 0 unspecified atom stereocenters. The first-order valence-corrected chi connectivity index (χ1v) is 10.5. The monoisotopic (exact) mass is 466 g/mol. The summed E-state index contributed by atoms with van der Waals surface area (Å²) < 4.78 is 22.3. The van der Waals surface area contributed by atoms with E-state index in [9.17, 15) is 20.4 Å². The van der Waals surface area contributed by atoms with Gasteiger partial charge in [-0.15, -0.1) is 0 Å². The van der Waals surface area contributed by atoms with Crippen molar-refractivity contribution in [3.8, 4) is 40.2 Å². The highest BCUT2D eigenvalue weighted by molar-refractivity contribution is 5.73. The molecule has 2 atom stereocenters. The van der Waals surface area contributed by atoms with Gasteiger partial charge in [0.05, 0.1) is 33.9 Å². The number of phenolic OH excluding ortho intramolecular Hbond substituents is 3. The quantitative estimate of drug-likeness (QED) is 0.383. The molecule has 0 saturated carbocycles. The molecule has 0 radical (unpaired) electrons. The van der Waals surface area contributed by atoms with E-state index in [1.54, 1.807) is 24.3 Å². The minimum Gasteiger partial charge on any atom is -0.508 e. The number of hydrogen-bond donors (Lipinski definition) is 4. The van der Waals surface area contributed by atoms with E-state index >= 15 is 0 Å². The summed E-state index contributed by atoms with van der Waals surface area (Å²) in [6, 6.07) is 11.3. The van der Waals surface area contributed by atoms with E-state index in [-0.39, 0.29) is 35.4 Å². The van der Waals surface area contributed by atoms with Gasteiger partial charge >= 0.3 is 0 Å². The highest BCUT2D eigenvalue weighted by Gasteiger charge is 2.38. The van der Waals surface area contributed by atoms with Crippen LogP contribution in [0.2, 0.25) is 0 Å². The van der Waals surface area contributed by atoms with Crippen LogP contribution < -0.4 is 18.9 Å². The summed E-state index contributed by atoms with van der Waals surface area (Å²) in [5, 5.41) is 39.9. The van der Waals surface area contributed by atoms with Crippen molar-refractivity contribution < 1.29 is 39.4 Å². The zero-order valence-electron chi connectivity index (χ0n) is 19.0. The van der Waals surface area contributed by atoms with Gasteiger partial charge in [-0.3, -0.25) is 0 Å². The van der Waals surface area contributed by atoms with Crippen LogP contribution in [0.15, 0.2) is 42.5 Å². The molecule has 0 bridgehead atoms. The van der Waals surface area contributed by atoms with Crippen molar-refractivity contribution in [2.75, 3.05) is 27.9 Å². The van der Waals surface area contributed by atoms with Crippen LogP contribution in [0.5, 0.6) is 40.2 Å². The first-order valence-electron chi connectivity index (χ1n) is 10.5. The van der Waals surface area contributed by atoms with Gasteiger partial charge in [0, 0.05) is 17.2 Å². The molecule has 8 heteroatoms. The minimum atomic E-state index is -0.570. The average molecular weight is 466 g/mol. The maximum Gasteiger partial charge on any atom is 0.200 e. The molecule has 0 aliphatic carbocycles. The van der Waals surface area contributed by atoms with Crippen LogP contribution >= 0.6 is 0 Å². The summed E-state index contributed by atoms with van der Waals surface area (Å²) in [7, 11) is 4.42. The Morgan fingerprint density at radius 3 is 1.85 bits per heavy atom. The number of rotatable bonds is 7. The van der Waals surface area contributed by atoms with Crippen molar-refractivity contribution in [2.24, 2.45) is 0 Å². The molecule has 8 nitrogen and oxygen atoms in total. The fourth-order valence-electron chi connectivity index (χ4n) is 4.15. The summed E-state index contributed by atoms with van der Waals surface area (Å²) in [5.41, 5.74) is 2.82. The second kappa shape index (κ2) is 9.44. The summed E-state index contributed by atoms with van der Waals surface area (Å²) in [4.78, 5) is 0. The second-order valence-corrected chi connectivity index (χ2v) is 7.86. The van der Waals surface area contributed by atoms with Crippen LogP contribution in [0.4, 0.5) is 0 Å². The number of methoxy groups -OCH3 is 3. The number of hydrogen-bond acceptors (Lipinski definition) is 8. The third-order valence-corrected chi connectivity index (χ3v) is 5.76. The van der Waals surface area contributed by atoms with Gasteiger partial charge in [-0.25, -0.2) is 0 Å². The number of benzene rings is 3. The maximum atomic E-state index is 10.3. The minimum absolute atomic E-state index is 0.0393. The molecule has 0 fully saturated rings. The van der Waals surface area contributed by atoms with Gasteiger partial charge in [0.1, 0.15) is 17.6 Å². The van der Waals surface area contributed by atoms with Gasteiger partial charge in [0.15, 0.2) is 23.0 Å². The Labute approximate surface area is 196 Å². The number of fused-ring (bicyclic) bond motifs is 1. The fourth-order valence-corrected chi connectivity index (χ4v) is 4.15. The smallest absolute Gasteiger partial charge is 0.200 e. The summed E-state index contributed by atoms with van der Waals surface area (Å²) >= 11 is 0. The summed E-state index contributed by atoms with van der Waals surface area (Å²) in [6.07, 6.45) is 2.99. The lowest BCUT2D eigenvalue weighted by molar-refractivity contribution is 0.156. The van der Waals surface area contributed by atoms with E-state index in [4.69, 9.17) is 18.9 Å². The molecule has 1 heterocycles. The van der Waals surface area contributed by atoms with Gasteiger partial charge in [0.25, 0.3) is 0 Å². The van der Waals surface area contributed by atoms with Crippen LogP contribution in [0.25, 0.3) is 12.2 Å². The van der Waals surface area contributed by atoms with E-state index in [0.29, 0.717) is 22.6 Å². The normalized spacial score (nSPS) is 16.8. The third kappa shape index (κ3) is 4.27. The predicted molar refractivity (Wildman–Crippen MR) is 126 cm³/mol. The molecule has 3 aromatic rings. The van der Waals surface area contributed by atoms with Crippen LogP contribution in [0.3, 0.4) is 0 Å². The Hall–Kier alpha value is -4.04. The molecule has 0 saturated heterocycles. The molecule has 0 spiro atoms. The van der Waals surface area contributed by atoms with Gasteiger partial charge in [0.2, 0.25) is 5.75 Å². The molecule has 34 heavy (non-hydrogen) atoms. The molecular weight excluding hydrogens is 440 g/mol. The second-order valence-electron chi connectivity index (χ2n) is 7.86. The lowest BCUT2D eigenvalue weighted by atomic mass is 9.90. The van der Waals surface area contributed by atoms with Crippen molar-refractivity contribution in [1.82, 2.24) is 0 Å². The average Bonchev–Trinajstić information content (AvgIpc) is 3.20. The fraction of sp³-hybridized carbons (Fsp3) is 0.231. The SMILES string of the molecule is COc1cc([C@@H]2Oc3c(OC)cc(C=Cc4cc(O)cc(O)c4)cc3[C@H]2CO)cc(OC)c1O. The lowest BCUT2D eigenvalue weighted by Gasteiger charge is -2.20. The number of aromatic hydroxyl groups is 3. The molecule has 3 aromatic carbocycles. The Kier molecular flexibility index (Phi) is 6.43. The molecule has 0 aromatic heterocycles. The zero-order chi connectivity index (χ0) is 24.4. The van der Waals surface area contributed by atoms with E-state index in [1.807, 2.05) is 12.1 Å². The molecule has 4 rings (SSSR count). The van der Waals surface area contributed by atoms with Crippen LogP contribution in [-0.4, -0.2) is 48.4 Å². The van der Waals surface area contributed by atoms with Crippen molar-refractivity contribution in [3.63, 3.8) is 0 Å². The Bertz CT molecular complexity index is 1190. The van der Waals surface area contributed by atoms with Crippen LogP contribution in [0.1, 0.15) is 34.3 Å². The maximum absolute atomic E-state index is 10.3. The highest BCUT2D eigenvalue weighted by atomic mass is 16.5. The molecule has 178 valence electrons. The molecule has 1 aliphatic rings. The van der Waals surface area contributed by atoms with Crippen molar-refractivity contribution in [1.29, 1.82) is 0 Å². The number of ether oxygens (including phenoxy) is 4.